The van der Waals surface area contributed by atoms with Crippen molar-refractivity contribution >= 4 is 86.1 Å². The van der Waals surface area contributed by atoms with Crippen molar-refractivity contribution in [3.63, 3.8) is 0 Å². The van der Waals surface area contributed by atoms with Crippen molar-refractivity contribution in [1.82, 2.24) is 0 Å². The molecule has 16 heavy (non-hydrogen) atoms. The summed E-state index contributed by atoms with van der Waals surface area (Å²) in [6.07, 6.45) is 0. The first-order chi connectivity index (χ1) is 7.97. The van der Waals surface area contributed by atoms with Gasteiger partial charge in [0.1, 0.15) is 0 Å². The van der Waals surface area contributed by atoms with Crippen molar-refractivity contribution in [2.24, 2.45) is 0 Å². The molecule has 0 aromatic carbocycles. The first-order valence-electron chi connectivity index (χ1n) is 4.74. The van der Waals surface area contributed by atoms with Gasteiger partial charge in [0.15, 0.2) is 0 Å². The van der Waals surface area contributed by atoms with Crippen LogP contribution in [0.1, 0.15) is 0 Å². The minimum atomic E-state index is -1.51. The van der Waals surface area contributed by atoms with Gasteiger partial charge in [-0.2, -0.15) is 10.7 Å². The molecule has 7 nitrogen and oxygen atoms in total. The number of rotatable bonds is 1. The molecule has 0 radical (unpaired) electrons. The first kappa shape index (κ1) is 14.2. The summed E-state index contributed by atoms with van der Waals surface area (Å²) in [5, 5.41) is 0. The van der Waals surface area contributed by atoms with Crippen molar-refractivity contribution in [1.29, 1.82) is 0 Å². The monoisotopic (exact) mass is 382 g/mol. The quantitative estimate of drug-likeness (QED) is 0.415. The highest BCUT2D eigenvalue weighted by molar-refractivity contribution is 8.45. The third-order valence-electron chi connectivity index (χ3n) is 1.82. The van der Waals surface area contributed by atoms with Crippen LogP contribution in [0, 0.1) is 0 Å². The van der Waals surface area contributed by atoms with Gasteiger partial charge < -0.3 is 28.8 Å². The van der Waals surface area contributed by atoms with Crippen LogP contribution in [-0.4, -0.2) is 75.5 Å². The molecule has 0 aliphatic carbocycles. The summed E-state index contributed by atoms with van der Waals surface area (Å²) in [6, 6.07) is 0. The molecule has 2 rings (SSSR count). The summed E-state index contributed by atoms with van der Waals surface area (Å²) in [4.78, 5) is 0. The van der Waals surface area contributed by atoms with Gasteiger partial charge >= 0.3 is 8.80 Å². The van der Waals surface area contributed by atoms with Crippen LogP contribution in [0.5, 0.6) is 0 Å². The lowest BCUT2D eigenvalue weighted by Crippen LogP contribution is -2.49. The Morgan fingerprint density at radius 1 is 0.688 bits per heavy atom. The van der Waals surface area contributed by atoms with E-state index in [0.29, 0.717) is 0 Å². The van der Waals surface area contributed by atoms with Crippen molar-refractivity contribution in [3.05, 3.63) is 0 Å². The van der Waals surface area contributed by atoms with Crippen LogP contribution in [0.4, 0.5) is 0 Å². The summed E-state index contributed by atoms with van der Waals surface area (Å²) in [5.41, 5.74) is 0. The van der Waals surface area contributed by atoms with Gasteiger partial charge in [-0.15, -0.1) is 0 Å². The molecule has 2 heterocycles. The SMILES string of the molecule is O1[SiH2]O[SiH2]O[SiH]([SiH]2O[SiH2]O[SiH2]O2)S[SiH2]O[SiH2]1. The normalized spacial score (nSPS) is 43.5. The summed E-state index contributed by atoms with van der Waals surface area (Å²) in [7, 11) is -5.40. The molecule has 16 heteroatoms. The lowest BCUT2D eigenvalue weighted by molar-refractivity contribution is 0.332. The van der Waals surface area contributed by atoms with Gasteiger partial charge in [-0.25, -0.2) is 0 Å². The standard InChI is InChI=1S/H14O7SSi8/c1-9-2-13-7-16(8-14-4-10-1)15-5-11-3-12-6-15/h15-16H,9-14H2. The van der Waals surface area contributed by atoms with E-state index in [1.165, 1.54) is 0 Å². The number of hydrogen-bond donors (Lipinski definition) is 0. The largest absolute Gasteiger partial charge is 0.437 e. The lowest BCUT2D eigenvalue weighted by Gasteiger charge is -2.28. The van der Waals surface area contributed by atoms with E-state index in [2.05, 4.69) is 0 Å². The molecule has 94 valence electrons. The van der Waals surface area contributed by atoms with Crippen LogP contribution in [0.2, 0.25) is 0 Å². The van der Waals surface area contributed by atoms with Gasteiger partial charge in [0.25, 0.3) is 57.7 Å². The smallest absolute Gasteiger partial charge is 0.323 e. The maximum absolute atomic E-state index is 5.90. The molecule has 2 saturated heterocycles. The van der Waals surface area contributed by atoms with Crippen molar-refractivity contribution in [2.45, 2.75) is 0 Å². The Morgan fingerprint density at radius 2 is 1.31 bits per heavy atom. The molecule has 0 bridgehead atoms. The second-order valence-electron chi connectivity index (χ2n) is 2.93. The minimum absolute atomic E-state index is 0.535. The predicted octanol–water partition coefficient (Wildman–Crippen LogP) is -6.62. The van der Waals surface area contributed by atoms with Gasteiger partial charge in [0, 0.05) is 0 Å². The Kier molecular flexibility index (Phi) is 7.85. The van der Waals surface area contributed by atoms with Gasteiger partial charge in [0.05, 0.1) is 0 Å². The fraction of sp³-hybridized carbons (Fsp3) is 0. The first-order valence-corrected chi connectivity index (χ1v) is 19.4. The van der Waals surface area contributed by atoms with E-state index in [-0.39, 0.29) is 0 Å². The molecule has 2 aliphatic rings. The Labute approximate surface area is 114 Å². The minimum Gasteiger partial charge on any atom is -0.437 e. The highest BCUT2D eigenvalue weighted by Gasteiger charge is 2.32. The Hall–Kier alpha value is 1.81. The highest BCUT2D eigenvalue weighted by Crippen LogP contribution is 2.13. The zero-order chi connectivity index (χ0) is 11.1. The molecular weight excluding hydrogens is 369 g/mol. The van der Waals surface area contributed by atoms with E-state index in [4.69, 9.17) is 28.8 Å². The van der Waals surface area contributed by atoms with E-state index < -0.39 is 75.5 Å². The van der Waals surface area contributed by atoms with Crippen LogP contribution in [0.15, 0.2) is 0 Å². The summed E-state index contributed by atoms with van der Waals surface area (Å²) < 4.78 is 39.0. The number of hydrogen-bond acceptors (Lipinski definition) is 8. The third-order valence-corrected chi connectivity index (χ3v) is 35.7. The molecule has 0 aromatic heterocycles. The van der Waals surface area contributed by atoms with E-state index in [9.17, 15) is 0 Å². The average molecular weight is 383 g/mol. The molecule has 1 atom stereocenters. The molecule has 2 fully saturated rings. The Bertz CT molecular complexity index is 177. The average Bonchev–Trinajstić information content (AvgIpc) is 2.37. The van der Waals surface area contributed by atoms with E-state index in [0.717, 1.165) is 0 Å². The maximum atomic E-state index is 5.90. The summed E-state index contributed by atoms with van der Waals surface area (Å²) in [5.74, 6) is 0. The molecule has 0 spiro atoms. The van der Waals surface area contributed by atoms with E-state index >= 15 is 0 Å². The van der Waals surface area contributed by atoms with E-state index in [1.54, 1.807) is 0 Å². The van der Waals surface area contributed by atoms with E-state index in [1.807, 2.05) is 10.7 Å². The van der Waals surface area contributed by atoms with Crippen molar-refractivity contribution in [2.75, 3.05) is 0 Å². The van der Waals surface area contributed by atoms with Crippen molar-refractivity contribution < 1.29 is 28.8 Å². The molecule has 1 unspecified atom stereocenters. The summed E-state index contributed by atoms with van der Waals surface area (Å²) >= 11 is 0. The second kappa shape index (κ2) is 8.83. The van der Waals surface area contributed by atoms with Crippen LogP contribution in [-0.2, 0) is 28.8 Å². The lowest BCUT2D eigenvalue weighted by atomic mass is 15.7. The van der Waals surface area contributed by atoms with Crippen LogP contribution in [0.3, 0.4) is 0 Å². The summed E-state index contributed by atoms with van der Waals surface area (Å²) in [6.45, 7) is 0. The maximum Gasteiger partial charge on any atom is 0.323 e. The second-order valence-corrected chi connectivity index (χ2v) is 27.7. The van der Waals surface area contributed by atoms with Crippen molar-refractivity contribution in [3.8, 4) is 0 Å². The molecule has 0 amide bonds. The molecule has 2 aliphatic heterocycles. The molecular formula is H14O7SSi8. The predicted molar refractivity (Wildman–Crippen MR) is 80.7 cm³/mol. The zero-order valence-corrected chi connectivity index (χ0v) is 20.3. The molecule has 0 saturated carbocycles. The topological polar surface area (TPSA) is 64.6 Å². The van der Waals surface area contributed by atoms with Crippen LogP contribution >= 0.6 is 10.7 Å². The highest BCUT2D eigenvalue weighted by atomic mass is 32.5. The molecule has 0 N–H and O–H groups in total. The van der Waals surface area contributed by atoms with Gasteiger partial charge in [-0.3, -0.25) is 0 Å². The molecule has 0 aromatic rings. The van der Waals surface area contributed by atoms with Gasteiger partial charge in [-0.1, -0.05) is 0 Å². The Balaban J connectivity index is 1.78. The third kappa shape index (κ3) is 5.20. The van der Waals surface area contributed by atoms with Gasteiger partial charge in [0.2, 0.25) is 8.91 Å². The van der Waals surface area contributed by atoms with Crippen LogP contribution in [0.25, 0.3) is 0 Å². The fourth-order valence-corrected chi connectivity index (χ4v) is 43.3. The van der Waals surface area contributed by atoms with Gasteiger partial charge in [-0.05, 0) is 0 Å². The zero-order valence-electron chi connectivity index (χ0n) is 8.66. The fourth-order valence-electron chi connectivity index (χ4n) is 1.13. The van der Waals surface area contributed by atoms with Crippen LogP contribution < -0.4 is 0 Å². The Morgan fingerprint density at radius 3 is 2.19 bits per heavy atom.